The maximum absolute atomic E-state index is 12.6. The highest BCUT2D eigenvalue weighted by molar-refractivity contribution is 7.89. The molecule has 1 aromatic heterocycles. The van der Waals surface area contributed by atoms with Gasteiger partial charge in [0.05, 0.1) is 13.2 Å². The van der Waals surface area contributed by atoms with Crippen LogP contribution in [0.5, 0.6) is 0 Å². The van der Waals surface area contributed by atoms with Crippen LogP contribution in [0.15, 0.2) is 28.3 Å². The zero-order valence-corrected chi connectivity index (χ0v) is 13.1. The molecule has 0 spiro atoms. The molecule has 0 radical (unpaired) electrons. The summed E-state index contributed by atoms with van der Waals surface area (Å²) in [5, 5.41) is 7.14. The fraction of sp³-hybridized carbons (Fsp3) is 0.545. The number of sulfonamides is 1. The molecule has 1 aromatic rings. The largest absolute Gasteiger partial charge is 0.408 e. The SMILES string of the molecule is C=C1N(CC(F)(F)F)N=Nc2c(S(=O)(=O)N3CCOCC3)ncn21. The van der Waals surface area contributed by atoms with Crippen LogP contribution in [0.25, 0.3) is 5.82 Å². The van der Waals surface area contributed by atoms with E-state index in [0.717, 1.165) is 10.9 Å². The lowest BCUT2D eigenvalue weighted by molar-refractivity contribution is -0.140. The van der Waals surface area contributed by atoms with Gasteiger partial charge in [0, 0.05) is 13.1 Å². The van der Waals surface area contributed by atoms with E-state index in [-0.39, 0.29) is 43.0 Å². The van der Waals surface area contributed by atoms with Crippen molar-refractivity contribution in [1.29, 1.82) is 0 Å². The van der Waals surface area contributed by atoms with Crippen molar-refractivity contribution in [3.63, 3.8) is 0 Å². The first-order chi connectivity index (χ1) is 11.2. The summed E-state index contributed by atoms with van der Waals surface area (Å²) in [6, 6.07) is 0. The molecular weight excluding hydrogens is 353 g/mol. The summed E-state index contributed by atoms with van der Waals surface area (Å²) in [5.41, 5.74) is 0. The first-order valence-corrected chi connectivity index (χ1v) is 8.24. The maximum atomic E-state index is 12.6. The minimum atomic E-state index is -4.51. The van der Waals surface area contributed by atoms with Crippen LogP contribution < -0.4 is 0 Å². The van der Waals surface area contributed by atoms with Gasteiger partial charge in [0.15, 0.2) is 0 Å². The number of halogens is 3. The van der Waals surface area contributed by atoms with Gasteiger partial charge < -0.3 is 4.74 Å². The lowest BCUT2D eigenvalue weighted by Gasteiger charge is -2.27. The topological polar surface area (TPSA) is 92.4 Å². The number of aromatic nitrogens is 2. The summed E-state index contributed by atoms with van der Waals surface area (Å²) in [7, 11) is -3.95. The zero-order chi connectivity index (χ0) is 17.5. The average molecular weight is 366 g/mol. The second-order valence-electron chi connectivity index (χ2n) is 5.04. The van der Waals surface area contributed by atoms with E-state index in [0.29, 0.717) is 5.01 Å². The zero-order valence-electron chi connectivity index (χ0n) is 12.3. The van der Waals surface area contributed by atoms with Crippen LogP contribution in [0.2, 0.25) is 0 Å². The van der Waals surface area contributed by atoms with Crippen molar-refractivity contribution in [3.8, 4) is 0 Å². The van der Waals surface area contributed by atoms with E-state index in [1.807, 2.05) is 0 Å². The van der Waals surface area contributed by atoms with Crippen molar-refractivity contribution in [3.05, 3.63) is 12.9 Å². The Bertz CT molecular complexity index is 781. The Hall–Kier alpha value is -1.99. The van der Waals surface area contributed by atoms with Gasteiger partial charge in [-0.1, -0.05) is 11.8 Å². The van der Waals surface area contributed by atoms with E-state index >= 15 is 0 Å². The van der Waals surface area contributed by atoms with Crippen LogP contribution in [0.4, 0.5) is 19.0 Å². The van der Waals surface area contributed by atoms with Gasteiger partial charge in [-0.25, -0.2) is 18.4 Å². The molecule has 0 aromatic carbocycles. The van der Waals surface area contributed by atoms with Crippen LogP contribution in [0, 0.1) is 0 Å². The predicted octanol–water partition coefficient (Wildman–Crippen LogP) is 1.21. The Morgan fingerprint density at radius 1 is 1.29 bits per heavy atom. The van der Waals surface area contributed by atoms with Gasteiger partial charge >= 0.3 is 6.18 Å². The first kappa shape index (κ1) is 16.9. The lowest BCUT2D eigenvalue weighted by Crippen LogP contribution is -2.40. The van der Waals surface area contributed by atoms with Crippen molar-refractivity contribution in [2.45, 2.75) is 11.2 Å². The van der Waals surface area contributed by atoms with Crippen LogP contribution in [0.1, 0.15) is 0 Å². The number of morpholine rings is 1. The molecule has 1 saturated heterocycles. The Morgan fingerprint density at radius 3 is 2.58 bits per heavy atom. The number of ether oxygens (including phenoxy) is 1. The predicted molar refractivity (Wildman–Crippen MR) is 74.4 cm³/mol. The van der Waals surface area contributed by atoms with E-state index in [1.165, 1.54) is 4.31 Å². The molecule has 0 aliphatic carbocycles. The summed E-state index contributed by atoms with van der Waals surface area (Å²) in [4.78, 5) is 3.80. The molecule has 13 heteroatoms. The second-order valence-corrected chi connectivity index (χ2v) is 6.89. The van der Waals surface area contributed by atoms with Crippen LogP contribution in [-0.2, 0) is 14.8 Å². The number of nitrogens with zero attached hydrogens (tertiary/aromatic N) is 6. The first-order valence-electron chi connectivity index (χ1n) is 6.80. The van der Waals surface area contributed by atoms with E-state index in [2.05, 4.69) is 21.9 Å². The summed E-state index contributed by atoms with van der Waals surface area (Å²) in [6.45, 7) is 2.93. The summed E-state index contributed by atoms with van der Waals surface area (Å²) >= 11 is 0. The van der Waals surface area contributed by atoms with Crippen LogP contribution in [0.3, 0.4) is 0 Å². The number of rotatable bonds is 3. The molecule has 3 rings (SSSR count). The van der Waals surface area contributed by atoms with Gasteiger partial charge in [0.25, 0.3) is 10.0 Å². The third-order valence-corrected chi connectivity index (χ3v) is 5.24. The highest BCUT2D eigenvalue weighted by Crippen LogP contribution is 2.34. The summed E-state index contributed by atoms with van der Waals surface area (Å²) in [5.74, 6) is -0.363. The molecule has 0 bridgehead atoms. The molecule has 1 fully saturated rings. The van der Waals surface area contributed by atoms with Gasteiger partial charge in [-0.3, -0.25) is 4.57 Å². The van der Waals surface area contributed by atoms with Crippen molar-refractivity contribution >= 4 is 21.7 Å². The number of hydrogen-bond donors (Lipinski definition) is 0. The molecule has 3 heterocycles. The highest BCUT2D eigenvalue weighted by Gasteiger charge is 2.37. The van der Waals surface area contributed by atoms with E-state index in [9.17, 15) is 21.6 Å². The Balaban J connectivity index is 1.92. The van der Waals surface area contributed by atoms with Crippen molar-refractivity contribution in [2.75, 3.05) is 32.8 Å². The molecule has 132 valence electrons. The number of fused-ring (bicyclic) bond motifs is 1. The molecule has 0 N–H and O–H groups in total. The number of alkyl halides is 3. The fourth-order valence-electron chi connectivity index (χ4n) is 2.26. The smallest absolute Gasteiger partial charge is 0.379 e. The molecule has 0 saturated carbocycles. The maximum Gasteiger partial charge on any atom is 0.408 e. The van der Waals surface area contributed by atoms with Gasteiger partial charge in [0.1, 0.15) is 18.7 Å². The fourth-order valence-corrected chi connectivity index (χ4v) is 3.69. The van der Waals surface area contributed by atoms with Gasteiger partial charge in [-0.05, 0) is 0 Å². The molecular formula is C11H13F3N6O3S. The van der Waals surface area contributed by atoms with E-state index in [4.69, 9.17) is 4.74 Å². The van der Waals surface area contributed by atoms with Crippen LogP contribution >= 0.6 is 0 Å². The second kappa shape index (κ2) is 5.82. The van der Waals surface area contributed by atoms with E-state index < -0.39 is 22.7 Å². The minimum absolute atomic E-state index is 0.160. The van der Waals surface area contributed by atoms with Crippen molar-refractivity contribution < 1.29 is 26.3 Å². The van der Waals surface area contributed by atoms with Gasteiger partial charge in [0.2, 0.25) is 10.8 Å². The molecule has 0 unspecified atom stereocenters. The lowest BCUT2D eigenvalue weighted by atomic mass is 10.5. The Labute approximate surface area is 135 Å². The Kier molecular flexibility index (Phi) is 4.09. The normalized spacial score (nSPS) is 19.6. The van der Waals surface area contributed by atoms with Crippen molar-refractivity contribution in [2.24, 2.45) is 10.3 Å². The van der Waals surface area contributed by atoms with Crippen molar-refractivity contribution in [1.82, 2.24) is 18.9 Å². The van der Waals surface area contributed by atoms with Gasteiger partial charge in [-0.2, -0.15) is 17.5 Å². The molecule has 24 heavy (non-hydrogen) atoms. The number of hydrogen-bond acceptors (Lipinski definition) is 7. The average Bonchev–Trinajstić information content (AvgIpc) is 2.95. The third kappa shape index (κ3) is 3.01. The molecule has 2 aliphatic heterocycles. The summed E-state index contributed by atoms with van der Waals surface area (Å²) in [6.07, 6.45) is -3.45. The third-order valence-electron chi connectivity index (χ3n) is 3.42. The monoisotopic (exact) mass is 366 g/mol. The minimum Gasteiger partial charge on any atom is -0.379 e. The molecule has 0 amide bonds. The van der Waals surface area contributed by atoms with Gasteiger partial charge in [-0.15, -0.1) is 5.11 Å². The summed E-state index contributed by atoms with van der Waals surface area (Å²) < 4.78 is 70.1. The quantitative estimate of drug-likeness (QED) is 0.802. The Morgan fingerprint density at radius 2 is 1.96 bits per heavy atom. The standard InChI is InChI=1S/C11H13F3N6O3S/c1-8-19-7-15-10(24(21,22)18-2-4-23-5-3-18)9(19)16-17-20(8)6-11(12,13)14/h7H,1-6H2. The van der Waals surface area contributed by atoms with E-state index in [1.54, 1.807) is 0 Å². The number of imidazole rings is 1. The molecule has 9 nitrogen and oxygen atoms in total. The molecule has 0 atom stereocenters. The molecule has 2 aliphatic rings. The highest BCUT2D eigenvalue weighted by atomic mass is 32.2. The van der Waals surface area contributed by atoms with Crippen LogP contribution in [-0.4, -0.2) is 66.3 Å².